The molecular weight excluding hydrogens is 891 g/mol. The Labute approximate surface area is 375 Å². The zero-order chi connectivity index (χ0) is 47.8. The van der Waals surface area contributed by atoms with Crippen LogP contribution in [0.3, 0.4) is 0 Å². The monoisotopic (exact) mass is 923 g/mol. The summed E-state index contributed by atoms with van der Waals surface area (Å²) >= 11 is 0. The van der Waals surface area contributed by atoms with Crippen LogP contribution in [0.4, 0.5) is 52.7 Å². The highest BCUT2D eigenvalue weighted by Gasteiger charge is 2.38. The second-order valence-electron chi connectivity index (χ2n) is 16.4. The number of para-hydroxylation sites is 1. The molecule has 0 radical (unpaired) electrons. The Kier molecular flexibility index (Phi) is 10.9. The number of aryl methyl sites for hydroxylation is 2. The summed E-state index contributed by atoms with van der Waals surface area (Å²) in [4.78, 5) is 0. The third kappa shape index (κ3) is 8.66. The minimum atomic E-state index is -5.15. The molecule has 1 aromatic heterocycles. The Hall–Kier alpha value is -7.28. The summed E-state index contributed by atoms with van der Waals surface area (Å²) < 4.78 is 170. The van der Waals surface area contributed by atoms with Gasteiger partial charge in [0.05, 0.1) is 39.0 Å². The van der Waals surface area contributed by atoms with Crippen molar-refractivity contribution in [2.24, 2.45) is 0 Å². The van der Waals surface area contributed by atoms with Gasteiger partial charge in [-0.05, 0) is 131 Å². The maximum atomic E-state index is 14.1. The summed E-state index contributed by atoms with van der Waals surface area (Å²) in [6.45, 7) is 4.03. The average molecular weight is 924 g/mol. The highest BCUT2D eigenvalue weighted by molar-refractivity contribution is 6.12. The van der Waals surface area contributed by atoms with Crippen molar-refractivity contribution >= 4 is 21.8 Å². The highest BCUT2D eigenvalue weighted by Crippen LogP contribution is 2.46. The van der Waals surface area contributed by atoms with Gasteiger partial charge < -0.3 is 4.57 Å². The van der Waals surface area contributed by atoms with Crippen LogP contribution in [-0.4, -0.2) is 4.57 Å². The highest BCUT2D eigenvalue weighted by atomic mass is 19.4. The molecule has 0 saturated carbocycles. The van der Waals surface area contributed by atoms with Gasteiger partial charge in [0, 0.05) is 16.3 Å². The lowest BCUT2D eigenvalue weighted by atomic mass is 9.88. The molecule has 9 rings (SSSR count). The van der Waals surface area contributed by atoms with Gasteiger partial charge >= 0.3 is 24.7 Å². The minimum absolute atomic E-state index is 0.0134. The lowest BCUT2D eigenvalue weighted by Crippen LogP contribution is -2.11. The summed E-state index contributed by atoms with van der Waals surface area (Å²) in [5.41, 5.74) is 1.54. The summed E-state index contributed by atoms with van der Waals surface area (Å²) in [6, 6.07) is 40.0. The predicted octanol–water partition coefficient (Wildman–Crippen LogP) is 17.8. The molecular formula is C54H33F12N. The molecule has 13 heteroatoms. The van der Waals surface area contributed by atoms with Gasteiger partial charge in [0.15, 0.2) is 0 Å². The van der Waals surface area contributed by atoms with Crippen molar-refractivity contribution in [1.82, 2.24) is 4.57 Å². The number of rotatable bonds is 6. The van der Waals surface area contributed by atoms with Gasteiger partial charge in [-0.3, -0.25) is 0 Å². The molecule has 0 unspecified atom stereocenters. The van der Waals surface area contributed by atoms with Crippen molar-refractivity contribution in [3.8, 4) is 61.3 Å². The van der Waals surface area contributed by atoms with Crippen LogP contribution in [0.25, 0.3) is 83.1 Å². The standard InChI is InChI=1S/C54H33F12N/c1-30-19-31(2)21-36(20-30)41-9-3-4-10-42(41)43-11-5-6-12-44(43)45-13-7-8-14-48(45)67-49-17-15-32(34-22-37(51(55,56)57)28-38(23-34)52(58,59)60)26-46(49)47-27-33(16-18-50(47)67)35-24-39(53(61,62)63)29-40(25-35)54(64,65)66/h3-29H,1-2H3. The van der Waals surface area contributed by atoms with Gasteiger partial charge in [-0.1, -0.05) is 108 Å². The molecule has 0 atom stereocenters. The van der Waals surface area contributed by atoms with Crippen LogP contribution < -0.4 is 0 Å². The summed E-state index contributed by atoms with van der Waals surface area (Å²) in [7, 11) is 0. The van der Waals surface area contributed by atoms with E-state index >= 15 is 0 Å². The first-order chi connectivity index (χ1) is 31.5. The topological polar surface area (TPSA) is 4.93 Å². The van der Waals surface area contributed by atoms with Crippen LogP contribution in [-0.2, 0) is 24.7 Å². The first-order valence-corrected chi connectivity index (χ1v) is 20.6. The SMILES string of the molecule is Cc1cc(C)cc(-c2ccccc2-c2ccccc2-c2ccccc2-n2c3ccc(-c4cc(C(F)(F)F)cc(C(F)(F)F)c4)cc3c3cc(-c4cc(C(F)(F)F)cc(C(F)(F)F)c4)ccc32)c1. The Bertz CT molecular complexity index is 3170. The third-order valence-corrected chi connectivity index (χ3v) is 11.7. The van der Waals surface area contributed by atoms with E-state index in [9.17, 15) is 52.7 Å². The molecule has 0 saturated heterocycles. The van der Waals surface area contributed by atoms with E-state index in [4.69, 9.17) is 0 Å². The number of hydrogen-bond acceptors (Lipinski definition) is 0. The van der Waals surface area contributed by atoms with E-state index in [0.29, 0.717) is 46.5 Å². The number of aromatic nitrogens is 1. The van der Waals surface area contributed by atoms with Gasteiger partial charge in [-0.2, -0.15) is 52.7 Å². The maximum Gasteiger partial charge on any atom is 0.416 e. The van der Waals surface area contributed by atoms with Crippen molar-refractivity contribution in [3.63, 3.8) is 0 Å². The summed E-state index contributed by atoms with van der Waals surface area (Å²) in [5.74, 6) is 0. The Morgan fingerprint density at radius 2 is 0.642 bits per heavy atom. The van der Waals surface area contributed by atoms with Crippen molar-refractivity contribution in [2.45, 2.75) is 38.6 Å². The lowest BCUT2D eigenvalue weighted by Gasteiger charge is -2.19. The smallest absolute Gasteiger partial charge is 0.309 e. The number of alkyl halides is 12. The first kappa shape index (κ1) is 44.9. The number of fused-ring (bicyclic) bond motifs is 3. The van der Waals surface area contributed by atoms with Gasteiger partial charge in [0.2, 0.25) is 0 Å². The molecule has 1 nitrogen and oxygen atoms in total. The van der Waals surface area contributed by atoms with E-state index < -0.39 is 58.1 Å². The molecule has 0 aliphatic rings. The molecule has 8 aromatic carbocycles. The van der Waals surface area contributed by atoms with Gasteiger partial charge in [-0.15, -0.1) is 0 Å². The van der Waals surface area contributed by atoms with Gasteiger partial charge in [-0.25, -0.2) is 0 Å². The van der Waals surface area contributed by atoms with Crippen LogP contribution in [0.2, 0.25) is 0 Å². The molecule has 338 valence electrons. The third-order valence-electron chi connectivity index (χ3n) is 11.7. The van der Waals surface area contributed by atoms with Gasteiger partial charge in [0.25, 0.3) is 0 Å². The van der Waals surface area contributed by atoms with Crippen molar-refractivity contribution in [1.29, 1.82) is 0 Å². The minimum Gasteiger partial charge on any atom is -0.309 e. The van der Waals surface area contributed by atoms with Crippen molar-refractivity contribution < 1.29 is 52.7 Å². The van der Waals surface area contributed by atoms with Crippen molar-refractivity contribution in [2.75, 3.05) is 0 Å². The fourth-order valence-electron chi connectivity index (χ4n) is 8.83. The first-order valence-electron chi connectivity index (χ1n) is 20.6. The molecule has 0 spiro atoms. The van der Waals surface area contributed by atoms with Crippen LogP contribution in [0.1, 0.15) is 33.4 Å². The zero-order valence-corrected chi connectivity index (χ0v) is 35.1. The van der Waals surface area contributed by atoms with Crippen molar-refractivity contribution in [3.05, 3.63) is 197 Å². The lowest BCUT2D eigenvalue weighted by molar-refractivity contribution is -0.144. The summed E-state index contributed by atoms with van der Waals surface area (Å²) in [5, 5.41) is 0.484. The molecule has 9 aromatic rings. The van der Waals surface area contributed by atoms with Crippen LogP contribution >= 0.6 is 0 Å². The summed E-state index contributed by atoms with van der Waals surface area (Å²) in [6.07, 6.45) is -20.6. The van der Waals surface area contributed by atoms with E-state index in [1.165, 1.54) is 36.4 Å². The zero-order valence-electron chi connectivity index (χ0n) is 35.1. The fraction of sp³-hybridized carbons (Fsp3) is 0.111. The molecule has 0 N–H and O–H groups in total. The molecule has 1 heterocycles. The predicted molar refractivity (Wildman–Crippen MR) is 237 cm³/mol. The number of nitrogens with zero attached hydrogens (tertiary/aromatic N) is 1. The largest absolute Gasteiger partial charge is 0.416 e. The maximum absolute atomic E-state index is 14.1. The molecule has 0 aliphatic heterocycles. The normalized spacial score (nSPS) is 12.6. The molecule has 0 aliphatic carbocycles. The molecule has 0 fully saturated rings. The van der Waals surface area contributed by atoms with E-state index in [2.05, 4.69) is 18.2 Å². The average Bonchev–Trinajstić information content (AvgIpc) is 3.60. The molecule has 0 amide bonds. The second kappa shape index (κ2) is 16.3. The molecule has 67 heavy (non-hydrogen) atoms. The van der Waals surface area contributed by atoms with E-state index in [1.807, 2.05) is 80.6 Å². The second-order valence-corrected chi connectivity index (χ2v) is 16.4. The van der Waals surface area contributed by atoms with Crippen LogP contribution in [0.15, 0.2) is 164 Å². The van der Waals surface area contributed by atoms with Gasteiger partial charge in [0.1, 0.15) is 0 Å². The Morgan fingerprint density at radius 3 is 1.04 bits per heavy atom. The number of benzene rings is 8. The quantitative estimate of drug-likeness (QED) is 0.146. The Balaban J connectivity index is 1.32. The van der Waals surface area contributed by atoms with E-state index in [-0.39, 0.29) is 34.0 Å². The van der Waals surface area contributed by atoms with E-state index in [1.54, 1.807) is 10.6 Å². The number of halogens is 12. The van der Waals surface area contributed by atoms with Crippen LogP contribution in [0.5, 0.6) is 0 Å². The molecule has 0 bridgehead atoms. The fourth-order valence-corrected chi connectivity index (χ4v) is 8.83. The van der Waals surface area contributed by atoms with Crippen LogP contribution in [0, 0.1) is 13.8 Å². The Morgan fingerprint density at radius 1 is 0.299 bits per heavy atom. The number of hydrogen-bond donors (Lipinski definition) is 0. The van der Waals surface area contributed by atoms with E-state index in [0.717, 1.165) is 38.9 Å².